The van der Waals surface area contributed by atoms with Gasteiger partial charge in [0.2, 0.25) is 5.91 Å². The number of aromatic nitrogens is 1. The molecule has 1 aromatic carbocycles. The fourth-order valence-electron chi connectivity index (χ4n) is 3.35. The Kier molecular flexibility index (Phi) is 5.18. The van der Waals surface area contributed by atoms with Crippen LogP contribution in [-0.2, 0) is 4.79 Å². The lowest BCUT2D eigenvalue weighted by Gasteiger charge is -2.32. The average Bonchev–Trinajstić information content (AvgIpc) is 3.04. The second kappa shape index (κ2) is 7.51. The van der Waals surface area contributed by atoms with Crippen LogP contribution in [0.25, 0.3) is 10.9 Å². The normalized spacial score (nSPS) is 17.9. The monoisotopic (exact) mass is 327 g/mol. The SMILES string of the molecule is CCCC(=O)NC[C@H]1CCCN(C(=O)c2cc3ccccc3[nH]2)C1. The number of hydrogen-bond donors (Lipinski definition) is 2. The quantitative estimate of drug-likeness (QED) is 0.887. The molecule has 1 fully saturated rings. The van der Waals surface area contributed by atoms with E-state index in [1.54, 1.807) is 0 Å². The van der Waals surface area contributed by atoms with Gasteiger partial charge in [-0.25, -0.2) is 0 Å². The van der Waals surface area contributed by atoms with E-state index in [9.17, 15) is 9.59 Å². The smallest absolute Gasteiger partial charge is 0.270 e. The second-order valence-electron chi connectivity index (χ2n) is 6.58. The summed E-state index contributed by atoms with van der Waals surface area (Å²) in [6.07, 6.45) is 3.48. The summed E-state index contributed by atoms with van der Waals surface area (Å²) >= 11 is 0. The molecule has 2 N–H and O–H groups in total. The Balaban J connectivity index is 1.61. The van der Waals surface area contributed by atoms with Gasteiger partial charge in [-0.3, -0.25) is 9.59 Å². The van der Waals surface area contributed by atoms with Gasteiger partial charge in [-0.05, 0) is 37.3 Å². The van der Waals surface area contributed by atoms with Gasteiger partial charge in [0.05, 0.1) is 0 Å². The summed E-state index contributed by atoms with van der Waals surface area (Å²) in [4.78, 5) is 29.5. The molecule has 128 valence electrons. The van der Waals surface area contributed by atoms with Gasteiger partial charge in [0.25, 0.3) is 5.91 Å². The number of benzene rings is 1. The van der Waals surface area contributed by atoms with Crippen LogP contribution in [0.3, 0.4) is 0 Å². The molecule has 1 aliphatic rings. The zero-order valence-electron chi connectivity index (χ0n) is 14.2. The fraction of sp³-hybridized carbons (Fsp3) is 0.474. The number of carbonyl (C=O) groups excluding carboxylic acids is 2. The molecule has 0 bridgehead atoms. The van der Waals surface area contributed by atoms with E-state index in [1.165, 1.54) is 0 Å². The Morgan fingerprint density at radius 2 is 2.17 bits per heavy atom. The topological polar surface area (TPSA) is 65.2 Å². The van der Waals surface area contributed by atoms with Crippen molar-refractivity contribution in [1.29, 1.82) is 0 Å². The average molecular weight is 327 g/mol. The van der Waals surface area contributed by atoms with Crippen molar-refractivity contribution in [2.45, 2.75) is 32.6 Å². The molecule has 2 heterocycles. The van der Waals surface area contributed by atoms with Crippen LogP contribution in [0.4, 0.5) is 0 Å². The molecule has 0 unspecified atom stereocenters. The number of rotatable bonds is 5. The predicted octanol–water partition coefficient (Wildman–Crippen LogP) is 2.94. The van der Waals surface area contributed by atoms with Gasteiger partial charge in [0.1, 0.15) is 5.69 Å². The van der Waals surface area contributed by atoms with Gasteiger partial charge >= 0.3 is 0 Å². The Morgan fingerprint density at radius 1 is 1.33 bits per heavy atom. The predicted molar refractivity (Wildman–Crippen MR) is 94.8 cm³/mol. The number of hydrogen-bond acceptors (Lipinski definition) is 2. The van der Waals surface area contributed by atoms with Gasteiger partial charge in [-0.2, -0.15) is 0 Å². The number of carbonyl (C=O) groups is 2. The first-order valence-corrected chi connectivity index (χ1v) is 8.81. The van der Waals surface area contributed by atoms with E-state index < -0.39 is 0 Å². The first-order valence-electron chi connectivity index (χ1n) is 8.81. The van der Waals surface area contributed by atoms with Crippen LogP contribution in [0.1, 0.15) is 43.1 Å². The second-order valence-corrected chi connectivity index (χ2v) is 6.58. The van der Waals surface area contributed by atoms with Crippen molar-refractivity contribution in [2.75, 3.05) is 19.6 Å². The lowest BCUT2D eigenvalue weighted by Crippen LogP contribution is -2.43. The molecule has 1 aromatic heterocycles. The Bertz CT molecular complexity index is 689. The number of piperidine rings is 1. The van der Waals surface area contributed by atoms with Gasteiger partial charge in [0.15, 0.2) is 0 Å². The molecule has 0 radical (unpaired) electrons. The van der Waals surface area contributed by atoms with E-state index in [2.05, 4.69) is 10.3 Å². The number of fused-ring (bicyclic) bond motifs is 1. The van der Waals surface area contributed by atoms with E-state index in [-0.39, 0.29) is 11.8 Å². The molecule has 1 atom stereocenters. The van der Waals surface area contributed by atoms with Crippen LogP contribution >= 0.6 is 0 Å². The van der Waals surface area contributed by atoms with E-state index in [0.29, 0.717) is 31.1 Å². The highest BCUT2D eigenvalue weighted by atomic mass is 16.2. The number of H-pyrrole nitrogens is 1. The Hall–Kier alpha value is -2.30. The van der Waals surface area contributed by atoms with Crippen LogP contribution < -0.4 is 5.32 Å². The third kappa shape index (κ3) is 3.78. The zero-order chi connectivity index (χ0) is 16.9. The summed E-state index contributed by atoms with van der Waals surface area (Å²) in [7, 11) is 0. The number of para-hydroxylation sites is 1. The molecule has 5 heteroatoms. The molecule has 0 saturated carbocycles. The molecule has 0 spiro atoms. The minimum atomic E-state index is 0.0517. The Labute approximate surface area is 142 Å². The van der Waals surface area contributed by atoms with Gasteiger partial charge in [-0.1, -0.05) is 25.1 Å². The van der Waals surface area contributed by atoms with E-state index in [0.717, 1.165) is 36.7 Å². The number of aromatic amines is 1. The van der Waals surface area contributed by atoms with Crippen molar-refractivity contribution in [1.82, 2.24) is 15.2 Å². The first kappa shape index (κ1) is 16.6. The number of likely N-dealkylation sites (tertiary alicyclic amines) is 1. The van der Waals surface area contributed by atoms with Crippen molar-refractivity contribution in [2.24, 2.45) is 5.92 Å². The van der Waals surface area contributed by atoms with Crippen LogP contribution in [0, 0.1) is 5.92 Å². The van der Waals surface area contributed by atoms with Crippen LogP contribution in [0.15, 0.2) is 30.3 Å². The summed E-state index contributed by atoms with van der Waals surface area (Å²) in [6.45, 7) is 4.16. The highest BCUT2D eigenvalue weighted by Crippen LogP contribution is 2.20. The number of nitrogens with zero attached hydrogens (tertiary/aromatic N) is 1. The maximum absolute atomic E-state index is 12.8. The lowest BCUT2D eigenvalue weighted by molar-refractivity contribution is -0.121. The van der Waals surface area contributed by atoms with Gasteiger partial charge < -0.3 is 15.2 Å². The maximum Gasteiger partial charge on any atom is 0.270 e. The van der Waals surface area contributed by atoms with Crippen molar-refractivity contribution in [3.05, 3.63) is 36.0 Å². The minimum Gasteiger partial charge on any atom is -0.356 e. The fourth-order valence-corrected chi connectivity index (χ4v) is 3.35. The van der Waals surface area contributed by atoms with E-state index >= 15 is 0 Å². The van der Waals surface area contributed by atoms with Crippen molar-refractivity contribution < 1.29 is 9.59 Å². The molecular weight excluding hydrogens is 302 g/mol. The van der Waals surface area contributed by atoms with Crippen molar-refractivity contribution in [3.8, 4) is 0 Å². The van der Waals surface area contributed by atoms with E-state index in [4.69, 9.17) is 0 Å². The molecule has 3 rings (SSSR count). The van der Waals surface area contributed by atoms with Gasteiger partial charge in [0, 0.05) is 37.0 Å². The first-order chi connectivity index (χ1) is 11.7. The summed E-state index contributed by atoms with van der Waals surface area (Å²) in [5.41, 5.74) is 1.63. The number of amides is 2. The summed E-state index contributed by atoms with van der Waals surface area (Å²) < 4.78 is 0. The van der Waals surface area contributed by atoms with Crippen LogP contribution in [0.5, 0.6) is 0 Å². The number of nitrogens with one attached hydrogen (secondary N) is 2. The highest BCUT2D eigenvalue weighted by Gasteiger charge is 2.25. The van der Waals surface area contributed by atoms with E-state index in [1.807, 2.05) is 42.2 Å². The maximum atomic E-state index is 12.8. The molecule has 2 aromatic rings. The molecular formula is C19H25N3O2. The third-order valence-electron chi connectivity index (χ3n) is 4.63. The van der Waals surface area contributed by atoms with Crippen LogP contribution in [0.2, 0.25) is 0 Å². The zero-order valence-corrected chi connectivity index (χ0v) is 14.2. The van der Waals surface area contributed by atoms with Crippen molar-refractivity contribution in [3.63, 3.8) is 0 Å². The molecule has 5 nitrogen and oxygen atoms in total. The molecule has 2 amide bonds. The van der Waals surface area contributed by atoms with Crippen LogP contribution in [-0.4, -0.2) is 41.3 Å². The highest BCUT2D eigenvalue weighted by molar-refractivity contribution is 5.98. The minimum absolute atomic E-state index is 0.0517. The molecule has 0 aliphatic carbocycles. The molecule has 1 saturated heterocycles. The summed E-state index contributed by atoms with van der Waals surface area (Å²) in [6, 6.07) is 9.84. The summed E-state index contributed by atoms with van der Waals surface area (Å²) in [5, 5.41) is 4.05. The van der Waals surface area contributed by atoms with Crippen molar-refractivity contribution >= 4 is 22.7 Å². The largest absolute Gasteiger partial charge is 0.356 e. The molecule has 1 aliphatic heterocycles. The summed E-state index contributed by atoms with van der Waals surface area (Å²) in [5.74, 6) is 0.500. The third-order valence-corrected chi connectivity index (χ3v) is 4.63. The Morgan fingerprint density at radius 3 is 2.96 bits per heavy atom. The molecule has 24 heavy (non-hydrogen) atoms. The standard InChI is InChI=1S/C19H25N3O2/c1-2-6-18(23)20-12-14-7-5-10-22(13-14)19(24)17-11-15-8-3-4-9-16(15)21-17/h3-4,8-9,11,14,21H,2,5-7,10,12-13H2,1H3,(H,20,23)/t14-/m1/s1. The van der Waals surface area contributed by atoms with Gasteiger partial charge in [-0.15, -0.1) is 0 Å². The lowest BCUT2D eigenvalue weighted by atomic mass is 9.97.